The van der Waals surface area contributed by atoms with E-state index in [4.69, 9.17) is 4.74 Å². The van der Waals surface area contributed by atoms with Gasteiger partial charge < -0.3 is 9.72 Å². The van der Waals surface area contributed by atoms with Crippen LogP contribution in [0, 0.1) is 6.92 Å². The third-order valence-corrected chi connectivity index (χ3v) is 3.82. The zero-order valence-corrected chi connectivity index (χ0v) is 12.7. The molecule has 1 N–H and O–H groups in total. The lowest BCUT2D eigenvalue weighted by atomic mass is 10.2. The van der Waals surface area contributed by atoms with Gasteiger partial charge in [0.2, 0.25) is 5.88 Å². The maximum absolute atomic E-state index is 12.4. The second-order valence-electron chi connectivity index (χ2n) is 5.25. The Labute approximate surface area is 131 Å². The Morgan fingerprint density at radius 3 is 2.61 bits per heavy atom. The standard InChI is InChI=1S/C17H14N4O2/c1-10-14-17(22)19-12-8-9-13(23-2)20-16(12)21(14)15(18-10)11-6-4-3-5-7-11/h3-9H,1-2H3,(H,19,22). The minimum atomic E-state index is -0.184. The molecule has 23 heavy (non-hydrogen) atoms. The van der Waals surface area contributed by atoms with Crippen LogP contribution in [-0.4, -0.2) is 26.5 Å². The molecule has 0 aliphatic rings. The van der Waals surface area contributed by atoms with Crippen molar-refractivity contribution in [2.75, 3.05) is 7.11 Å². The van der Waals surface area contributed by atoms with Crippen LogP contribution in [0.25, 0.3) is 28.1 Å². The number of aryl methyl sites for hydroxylation is 1. The molecule has 0 bridgehead atoms. The van der Waals surface area contributed by atoms with E-state index in [1.165, 1.54) is 0 Å². The fraction of sp³-hybridized carbons (Fsp3) is 0.118. The van der Waals surface area contributed by atoms with E-state index in [-0.39, 0.29) is 5.56 Å². The smallest absolute Gasteiger partial charge is 0.274 e. The van der Waals surface area contributed by atoms with Crippen LogP contribution in [0.5, 0.6) is 5.88 Å². The number of aromatic nitrogens is 4. The first kappa shape index (κ1) is 13.5. The first-order chi connectivity index (χ1) is 11.2. The molecule has 114 valence electrons. The normalized spacial score (nSPS) is 11.2. The average Bonchev–Trinajstić information content (AvgIpc) is 2.94. The molecule has 0 aliphatic carbocycles. The van der Waals surface area contributed by atoms with Gasteiger partial charge in [-0.25, -0.2) is 4.98 Å². The van der Waals surface area contributed by atoms with Crippen LogP contribution in [0.2, 0.25) is 0 Å². The van der Waals surface area contributed by atoms with E-state index in [2.05, 4.69) is 15.0 Å². The lowest BCUT2D eigenvalue weighted by molar-refractivity contribution is 0.399. The molecule has 0 radical (unpaired) electrons. The van der Waals surface area contributed by atoms with E-state index in [1.54, 1.807) is 23.6 Å². The first-order valence-corrected chi connectivity index (χ1v) is 7.20. The third kappa shape index (κ3) is 1.99. The highest BCUT2D eigenvalue weighted by Crippen LogP contribution is 2.24. The summed E-state index contributed by atoms with van der Waals surface area (Å²) in [7, 11) is 1.56. The number of benzene rings is 1. The number of hydrogen-bond acceptors (Lipinski definition) is 4. The van der Waals surface area contributed by atoms with Crippen molar-refractivity contribution in [1.29, 1.82) is 0 Å². The number of ether oxygens (including phenoxy) is 1. The minimum Gasteiger partial charge on any atom is -0.481 e. The van der Waals surface area contributed by atoms with E-state index < -0.39 is 0 Å². The van der Waals surface area contributed by atoms with Gasteiger partial charge >= 0.3 is 0 Å². The fourth-order valence-electron chi connectivity index (χ4n) is 2.78. The molecular formula is C17H14N4O2. The van der Waals surface area contributed by atoms with Crippen LogP contribution in [0.15, 0.2) is 47.3 Å². The largest absolute Gasteiger partial charge is 0.481 e. The molecule has 6 heteroatoms. The number of pyridine rings is 1. The average molecular weight is 306 g/mol. The predicted molar refractivity (Wildman–Crippen MR) is 87.8 cm³/mol. The monoisotopic (exact) mass is 306 g/mol. The molecule has 0 spiro atoms. The summed E-state index contributed by atoms with van der Waals surface area (Å²) >= 11 is 0. The fourth-order valence-corrected chi connectivity index (χ4v) is 2.78. The number of hydrogen-bond donors (Lipinski definition) is 1. The lowest BCUT2D eigenvalue weighted by Gasteiger charge is -2.07. The summed E-state index contributed by atoms with van der Waals surface area (Å²) in [6, 6.07) is 13.2. The number of fused-ring (bicyclic) bond motifs is 3. The summed E-state index contributed by atoms with van der Waals surface area (Å²) in [4.78, 5) is 24.4. The Hall–Kier alpha value is -3.15. The van der Waals surface area contributed by atoms with Crippen molar-refractivity contribution >= 4 is 16.7 Å². The van der Waals surface area contributed by atoms with Crippen molar-refractivity contribution in [3.63, 3.8) is 0 Å². The van der Waals surface area contributed by atoms with Crippen molar-refractivity contribution in [3.05, 3.63) is 58.5 Å². The lowest BCUT2D eigenvalue weighted by Crippen LogP contribution is -2.12. The molecule has 0 unspecified atom stereocenters. The molecule has 0 saturated heterocycles. The quantitative estimate of drug-likeness (QED) is 0.618. The predicted octanol–water partition coefficient (Wildman–Crippen LogP) is 2.55. The maximum Gasteiger partial charge on any atom is 0.274 e. The van der Waals surface area contributed by atoms with Crippen LogP contribution >= 0.6 is 0 Å². The summed E-state index contributed by atoms with van der Waals surface area (Å²) in [5, 5.41) is 0. The highest BCUT2D eigenvalue weighted by atomic mass is 16.5. The Balaban J connectivity index is 2.22. The van der Waals surface area contributed by atoms with Crippen LogP contribution in [0.3, 0.4) is 0 Å². The maximum atomic E-state index is 12.4. The van der Waals surface area contributed by atoms with E-state index in [0.717, 1.165) is 5.56 Å². The topological polar surface area (TPSA) is 72.3 Å². The Kier molecular flexibility index (Phi) is 2.90. The second kappa shape index (κ2) is 4.95. The van der Waals surface area contributed by atoms with Crippen molar-refractivity contribution in [2.24, 2.45) is 0 Å². The Morgan fingerprint density at radius 2 is 1.87 bits per heavy atom. The van der Waals surface area contributed by atoms with Crippen molar-refractivity contribution in [2.45, 2.75) is 6.92 Å². The van der Waals surface area contributed by atoms with Gasteiger partial charge in [0.1, 0.15) is 11.3 Å². The molecule has 4 aromatic rings. The number of imidazole rings is 1. The van der Waals surface area contributed by atoms with Crippen molar-refractivity contribution < 1.29 is 4.74 Å². The zero-order chi connectivity index (χ0) is 16.0. The minimum absolute atomic E-state index is 0.184. The SMILES string of the molecule is COc1ccc2[nH]c(=O)c3c(C)nc(-c4ccccc4)n3c2n1. The molecule has 3 aromatic heterocycles. The van der Waals surface area contributed by atoms with Gasteiger partial charge in [0.25, 0.3) is 5.56 Å². The number of H-pyrrole nitrogens is 1. The van der Waals surface area contributed by atoms with Crippen LogP contribution in [-0.2, 0) is 0 Å². The Bertz CT molecular complexity index is 1080. The molecule has 1 aromatic carbocycles. The highest BCUT2D eigenvalue weighted by molar-refractivity contribution is 5.79. The molecule has 4 rings (SSSR count). The number of aromatic amines is 1. The molecule has 0 fully saturated rings. The van der Waals surface area contributed by atoms with Crippen LogP contribution < -0.4 is 10.3 Å². The molecule has 3 heterocycles. The molecule has 6 nitrogen and oxygen atoms in total. The van der Waals surface area contributed by atoms with E-state index in [9.17, 15) is 4.79 Å². The van der Waals surface area contributed by atoms with E-state index in [0.29, 0.717) is 34.1 Å². The van der Waals surface area contributed by atoms with Gasteiger partial charge in [-0.2, -0.15) is 4.98 Å². The van der Waals surface area contributed by atoms with Gasteiger partial charge in [0, 0.05) is 11.6 Å². The van der Waals surface area contributed by atoms with Gasteiger partial charge in [-0.3, -0.25) is 9.20 Å². The summed E-state index contributed by atoms with van der Waals surface area (Å²) in [5.74, 6) is 1.17. The van der Waals surface area contributed by atoms with Crippen LogP contribution in [0.4, 0.5) is 0 Å². The highest BCUT2D eigenvalue weighted by Gasteiger charge is 2.17. The van der Waals surface area contributed by atoms with Gasteiger partial charge in [0.15, 0.2) is 5.65 Å². The van der Waals surface area contributed by atoms with Gasteiger partial charge in [-0.1, -0.05) is 30.3 Å². The summed E-state index contributed by atoms with van der Waals surface area (Å²) < 4.78 is 7.01. The molecule has 0 amide bonds. The summed E-state index contributed by atoms with van der Waals surface area (Å²) in [6.07, 6.45) is 0. The number of nitrogens with zero attached hydrogens (tertiary/aromatic N) is 3. The molecule has 0 aliphatic heterocycles. The van der Waals surface area contributed by atoms with Crippen LogP contribution in [0.1, 0.15) is 5.69 Å². The van der Waals surface area contributed by atoms with Crippen molar-refractivity contribution in [1.82, 2.24) is 19.4 Å². The molecule has 0 saturated carbocycles. The third-order valence-electron chi connectivity index (χ3n) is 3.82. The summed E-state index contributed by atoms with van der Waals surface area (Å²) in [6.45, 7) is 1.82. The number of methoxy groups -OCH3 is 1. The second-order valence-corrected chi connectivity index (χ2v) is 5.25. The number of nitrogens with one attached hydrogen (secondary N) is 1. The summed E-state index contributed by atoms with van der Waals surface area (Å²) in [5.41, 5.74) is 3.15. The number of rotatable bonds is 2. The van der Waals surface area contributed by atoms with E-state index in [1.807, 2.05) is 37.3 Å². The van der Waals surface area contributed by atoms with Gasteiger partial charge in [-0.15, -0.1) is 0 Å². The van der Waals surface area contributed by atoms with Gasteiger partial charge in [0.05, 0.1) is 18.3 Å². The van der Waals surface area contributed by atoms with E-state index >= 15 is 0 Å². The van der Waals surface area contributed by atoms with Gasteiger partial charge in [-0.05, 0) is 13.0 Å². The first-order valence-electron chi connectivity index (χ1n) is 7.20. The molecule has 0 atom stereocenters. The zero-order valence-electron chi connectivity index (χ0n) is 12.7. The van der Waals surface area contributed by atoms with Crippen molar-refractivity contribution in [3.8, 4) is 17.3 Å². The molecular weight excluding hydrogens is 292 g/mol. The Morgan fingerprint density at radius 1 is 1.09 bits per heavy atom.